The predicted molar refractivity (Wildman–Crippen MR) is 112 cm³/mol. The van der Waals surface area contributed by atoms with E-state index in [-0.39, 0.29) is 18.0 Å². The zero-order chi connectivity index (χ0) is 19.7. The van der Waals surface area contributed by atoms with Gasteiger partial charge in [0.15, 0.2) is 0 Å². The minimum Gasteiger partial charge on any atom is -0.857 e. The summed E-state index contributed by atoms with van der Waals surface area (Å²) in [5.74, 6) is -0.355. The van der Waals surface area contributed by atoms with E-state index in [0.29, 0.717) is 27.8 Å². The number of halogens is 1. The third kappa shape index (κ3) is 4.16. The zero-order valence-electron chi connectivity index (χ0n) is 14.9. The lowest BCUT2D eigenvalue weighted by Crippen LogP contribution is -2.47. The number of benzene rings is 1. The molecule has 1 aromatic carbocycles. The summed E-state index contributed by atoms with van der Waals surface area (Å²) in [6.45, 7) is 0. The molecule has 2 heterocycles. The van der Waals surface area contributed by atoms with E-state index in [1.807, 2.05) is 6.07 Å². The fourth-order valence-corrected chi connectivity index (χ4v) is 6.05. The molecule has 148 valence electrons. The van der Waals surface area contributed by atoms with Crippen molar-refractivity contribution < 1.29 is 13.9 Å². The number of nitrogens with one attached hydrogen (secondary N) is 2. The standard InChI is InChI=1S/C19H20ClN3O3S2/c20-13-7-8-14-12(10-13)11-17(21-14)19(24)22-15-4-1-2-5-16(15)23-28(25,26)18-6-3-9-27-18/h3,6-11,15-16H,1-2,4-5H2,(H3-,21,22,23,24,25,26)/t15?,16-/m1/s1. The van der Waals surface area contributed by atoms with Gasteiger partial charge in [0, 0.05) is 33.6 Å². The number of rotatable bonds is 5. The van der Waals surface area contributed by atoms with Gasteiger partial charge in [0.1, 0.15) is 0 Å². The van der Waals surface area contributed by atoms with Gasteiger partial charge >= 0.3 is 10.4 Å². The van der Waals surface area contributed by atoms with E-state index < -0.39 is 10.4 Å². The van der Waals surface area contributed by atoms with Gasteiger partial charge in [-0.2, -0.15) is 4.55 Å². The lowest BCUT2D eigenvalue weighted by Gasteiger charge is -2.29. The summed E-state index contributed by atoms with van der Waals surface area (Å²) >= 11 is 7.24. The third-order valence-corrected chi connectivity index (χ3v) is 8.07. The molecule has 3 atom stereocenters. The largest absolute Gasteiger partial charge is 0.857 e. The van der Waals surface area contributed by atoms with Crippen molar-refractivity contribution in [3.05, 3.63) is 52.5 Å². The van der Waals surface area contributed by atoms with E-state index >= 15 is 0 Å². The Balaban J connectivity index is 1.57. The summed E-state index contributed by atoms with van der Waals surface area (Å²) in [5, 5.41) is 15.9. The lowest BCUT2D eigenvalue weighted by atomic mass is 9.91. The van der Waals surface area contributed by atoms with Crippen molar-refractivity contribution in [2.24, 2.45) is 4.99 Å². The number of thiophene rings is 1. The first kappa shape index (κ1) is 19.6. The molecule has 0 spiro atoms. The molecule has 0 radical (unpaired) electrons. The predicted octanol–water partition coefficient (Wildman–Crippen LogP) is 3.84. The Kier molecular flexibility index (Phi) is 5.57. The Morgan fingerprint density at radius 3 is 2.93 bits per heavy atom. The summed E-state index contributed by atoms with van der Waals surface area (Å²) in [7, 11) is -3.35. The summed E-state index contributed by atoms with van der Waals surface area (Å²) in [6.07, 6.45) is 3.28. The zero-order valence-corrected chi connectivity index (χ0v) is 17.3. The molecule has 0 aliphatic heterocycles. The number of hydrogen-bond acceptors (Lipinski definition) is 4. The highest BCUT2D eigenvalue weighted by atomic mass is 35.5. The maximum absolute atomic E-state index is 12.7. The smallest absolute Gasteiger partial charge is 0.333 e. The van der Waals surface area contributed by atoms with Crippen molar-refractivity contribution in [2.45, 2.75) is 42.0 Å². The number of aromatic nitrogens is 1. The highest BCUT2D eigenvalue weighted by Gasteiger charge is 2.38. The molecule has 9 heteroatoms. The molecule has 1 aliphatic rings. The first-order chi connectivity index (χ1) is 13.4. The number of hydrogen-bond donors (Lipinski definition) is 3. The van der Waals surface area contributed by atoms with Gasteiger partial charge in [-0.05, 0) is 52.8 Å². The van der Waals surface area contributed by atoms with Crippen LogP contribution in [0.5, 0.6) is 0 Å². The molecule has 6 nitrogen and oxygen atoms in total. The second-order valence-corrected chi connectivity index (χ2v) is 10.3. The summed E-state index contributed by atoms with van der Waals surface area (Å²) in [6, 6.07) is 9.81. The molecular weight excluding hydrogens is 418 g/mol. The van der Waals surface area contributed by atoms with Crippen molar-refractivity contribution in [1.29, 1.82) is 0 Å². The van der Waals surface area contributed by atoms with E-state index in [9.17, 15) is 13.9 Å². The molecule has 1 fully saturated rings. The van der Waals surface area contributed by atoms with E-state index in [2.05, 4.69) is 14.7 Å². The molecule has 1 aliphatic carbocycles. The molecule has 0 saturated heterocycles. The summed E-state index contributed by atoms with van der Waals surface area (Å²) in [4.78, 5) is 7.44. The molecule has 2 aromatic heterocycles. The van der Waals surface area contributed by atoms with Gasteiger partial charge in [-0.3, -0.25) is 4.99 Å². The summed E-state index contributed by atoms with van der Waals surface area (Å²) < 4.78 is 26.3. The second-order valence-electron chi connectivity index (χ2n) is 6.88. The highest BCUT2D eigenvalue weighted by Crippen LogP contribution is 2.27. The topological polar surface area (TPSA) is 101 Å². The molecule has 1 saturated carbocycles. The first-order valence-corrected chi connectivity index (χ1v) is 11.8. The van der Waals surface area contributed by atoms with Gasteiger partial charge in [-0.15, -0.1) is 0 Å². The molecule has 28 heavy (non-hydrogen) atoms. The van der Waals surface area contributed by atoms with Crippen molar-refractivity contribution in [3.8, 4) is 0 Å². The fourth-order valence-electron chi connectivity index (χ4n) is 3.53. The van der Waals surface area contributed by atoms with Crippen LogP contribution < -0.4 is 9.83 Å². The Hall–Kier alpha value is -1.71. The molecule has 2 unspecified atom stereocenters. The van der Waals surface area contributed by atoms with Crippen LogP contribution in [0.15, 0.2) is 51.0 Å². The minimum atomic E-state index is -3.35. The average Bonchev–Trinajstić information content (AvgIpc) is 3.32. The Morgan fingerprint density at radius 2 is 2.14 bits per heavy atom. The monoisotopic (exact) mass is 437 g/mol. The first-order valence-electron chi connectivity index (χ1n) is 9.03. The number of aromatic amines is 1. The normalized spacial score (nSPS) is 23.0. The van der Waals surface area contributed by atoms with Gasteiger partial charge in [-0.1, -0.05) is 40.5 Å². The second kappa shape index (κ2) is 7.96. The Labute approximate surface area is 173 Å². The van der Waals surface area contributed by atoms with Crippen LogP contribution in [0.2, 0.25) is 5.02 Å². The molecule has 4 rings (SSSR count). The van der Waals surface area contributed by atoms with Crippen molar-refractivity contribution >= 4 is 50.1 Å². The maximum atomic E-state index is 12.7. The molecule has 3 N–H and O–H groups in total. The quantitative estimate of drug-likeness (QED) is 0.321. The molecule has 0 bridgehead atoms. The number of fused-ring (bicyclic) bond motifs is 1. The van der Waals surface area contributed by atoms with Crippen LogP contribution in [0.3, 0.4) is 0 Å². The number of nitrogens with zero attached hydrogens (tertiary/aromatic N) is 1. The third-order valence-electron chi connectivity index (χ3n) is 4.90. The van der Waals surface area contributed by atoms with Crippen LogP contribution in [0, 0.1) is 0 Å². The summed E-state index contributed by atoms with van der Waals surface area (Å²) in [5.41, 5.74) is 1.21. The van der Waals surface area contributed by atoms with Crippen molar-refractivity contribution in [3.63, 3.8) is 0 Å². The molecule has 3 aromatic rings. The van der Waals surface area contributed by atoms with Gasteiger partial charge in [0.25, 0.3) is 4.21 Å². The van der Waals surface area contributed by atoms with E-state index in [0.717, 1.165) is 23.7 Å². The van der Waals surface area contributed by atoms with Gasteiger partial charge in [-0.25, -0.2) is 0 Å². The molecule has 0 amide bonds. The van der Waals surface area contributed by atoms with Crippen molar-refractivity contribution in [1.82, 2.24) is 9.71 Å². The van der Waals surface area contributed by atoms with Crippen LogP contribution in [0.1, 0.15) is 31.4 Å². The lowest BCUT2D eigenvalue weighted by molar-refractivity contribution is -0.214. The van der Waals surface area contributed by atoms with E-state index in [4.69, 9.17) is 11.6 Å². The Morgan fingerprint density at radius 1 is 1.32 bits per heavy atom. The molecular formula is C19H20ClN3O3S2. The van der Waals surface area contributed by atoms with Crippen molar-refractivity contribution in [2.75, 3.05) is 0 Å². The van der Waals surface area contributed by atoms with Crippen LogP contribution in [0.25, 0.3) is 10.9 Å². The van der Waals surface area contributed by atoms with Gasteiger partial charge in [0.05, 0.1) is 12.1 Å². The minimum absolute atomic E-state index is 0.323. The van der Waals surface area contributed by atoms with E-state index in [1.165, 1.54) is 11.3 Å². The van der Waals surface area contributed by atoms with Crippen LogP contribution in [-0.4, -0.2) is 27.5 Å². The number of aliphatic imine (C=N–C) groups is 1. The van der Waals surface area contributed by atoms with Gasteiger partial charge < -0.3 is 10.1 Å². The fraction of sp³-hybridized carbons (Fsp3) is 0.316. The van der Waals surface area contributed by atoms with Crippen LogP contribution in [0.4, 0.5) is 0 Å². The highest BCUT2D eigenvalue weighted by molar-refractivity contribution is 7.97. The Bertz CT molecular complexity index is 1050. The SMILES string of the molecule is O=[S+](O)(N[C@@H]1CCCCC1N=C([O-])c1cc2cc(Cl)ccc2[nH]1)c1cccs1. The maximum Gasteiger partial charge on any atom is 0.333 e. The average molecular weight is 438 g/mol. The van der Waals surface area contributed by atoms with Crippen LogP contribution in [-0.2, 0) is 14.6 Å². The van der Waals surface area contributed by atoms with E-state index in [1.54, 1.807) is 35.7 Å². The van der Waals surface area contributed by atoms with Crippen LogP contribution >= 0.6 is 22.9 Å². The number of H-pyrrole nitrogens is 1. The van der Waals surface area contributed by atoms with Gasteiger partial charge in [0.2, 0.25) is 0 Å².